The summed E-state index contributed by atoms with van der Waals surface area (Å²) in [6.45, 7) is 13.0. The van der Waals surface area contributed by atoms with Gasteiger partial charge in [0, 0.05) is 5.92 Å². The van der Waals surface area contributed by atoms with E-state index in [0.29, 0.717) is 6.61 Å². The molecular formula is C25H30O2. The zero-order valence-electron chi connectivity index (χ0n) is 16.9. The first-order valence-corrected chi connectivity index (χ1v) is 9.82. The minimum atomic E-state index is -0.561. The lowest BCUT2D eigenvalue weighted by molar-refractivity contribution is -0.155. The van der Waals surface area contributed by atoms with Crippen LogP contribution < -0.4 is 0 Å². The number of benzene rings is 2. The van der Waals surface area contributed by atoms with E-state index >= 15 is 0 Å². The van der Waals surface area contributed by atoms with Gasteiger partial charge in [0.15, 0.2) is 0 Å². The van der Waals surface area contributed by atoms with Crippen molar-refractivity contribution in [2.24, 2.45) is 10.8 Å². The highest BCUT2D eigenvalue weighted by atomic mass is 16.5. The van der Waals surface area contributed by atoms with Crippen LogP contribution in [0.1, 0.15) is 52.0 Å². The molecule has 0 bridgehead atoms. The highest BCUT2D eigenvalue weighted by Crippen LogP contribution is 2.63. The van der Waals surface area contributed by atoms with Gasteiger partial charge < -0.3 is 4.74 Å². The summed E-state index contributed by atoms with van der Waals surface area (Å²) in [5.74, 6) is -0.0687. The van der Waals surface area contributed by atoms with Gasteiger partial charge >= 0.3 is 5.97 Å². The summed E-state index contributed by atoms with van der Waals surface area (Å²) in [4.78, 5) is 13.1. The molecule has 0 amide bonds. The van der Waals surface area contributed by atoms with Crippen LogP contribution in [-0.2, 0) is 9.53 Å². The number of allylic oxidation sites excluding steroid dienone is 1. The molecule has 0 saturated heterocycles. The Morgan fingerprint density at radius 2 is 1.63 bits per heavy atom. The maximum Gasteiger partial charge on any atom is 0.312 e. The quantitative estimate of drug-likeness (QED) is 0.455. The number of carbonyl (C=O) groups excluding carboxylic acids is 1. The molecule has 0 aromatic heterocycles. The number of hydrogen-bond donors (Lipinski definition) is 0. The Morgan fingerprint density at radius 3 is 2.26 bits per heavy atom. The Morgan fingerprint density at radius 1 is 1.04 bits per heavy atom. The maximum atomic E-state index is 13.1. The third-order valence-electron chi connectivity index (χ3n) is 6.51. The van der Waals surface area contributed by atoms with Gasteiger partial charge in [0.2, 0.25) is 0 Å². The van der Waals surface area contributed by atoms with Gasteiger partial charge in [-0.2, -0.15) is 0 Å². The molecule has 1 aliphatic rings. The fraction of sp³-hybridized carbons (Fsp3) is 0.400. The first-order valence-electron chi connectivity index (χ1n) is 9.82. The van der Waals surface area contributed by atoms with Gasteiger partial charge in [0.1, 0.15) is 0 Å². The van der Waals surface area contributed by atoms with E-state index < -0.39 is 5.41 Å². The Hall–Kier alpha value is -2.35. The second-order valence-electron chi connectivity index (χ2n) is 8.22. The Balaban J connectivity index is 2.22. The molecule has 142 valence electrons. The molecule has 3 unspecified atom stereocenters. The first-order chi connectivity index (χ1) is 12.8. The highest BCUT2D eigenvalue weighted by molar-refractivity contribution is 5.80. The van der Waals surface area contributed by atoms with Gasteiger partial charge in [-0.15, -0.1) is 0 Å². The summed E-state index contributed by atoms with van der Waals surface area (Å²) in [6, 6.07) is 18.9. The molecule has 2 aromatic carbocycles. The summed E-state index contributed by atoms with van der Waals surface area (Å²) < 4.78 is 5.53. The fourth-order valence-corrected chi connectivity index (χ4v) is 4.80. The summed E-state index contributed by atoms with van der Waals surface area (Å²) in [5, 5.41) is 0. The van der Waals surface area contributed by atoms with Gasteiger partial charge in [-0.1, -0.05) is 73.7 Å². The van der Waals surface area contributed by atoms with Crippen LogP contribution in [0.25, 0.3) is 11.1 Å². The number of carbonyl (C=O) groups is 1. The summed E-state index contributed by atoms with van der Waals surface area (Å²) in [5.41, 5.74) is 4.00. The molecule has 27 heavy (non-hydrogen) atoms. The van der Waals surface area contributed by atoms with E-state index in [1.54, 1.807) is 0 Å². The van der Waals surface area contributed by atoms with Crippen molar-refractivity contribution >= 4 is 5.97 Å². The van der Waals surface area contributed by atoms with E-state index in [2.05, 4.69) is 75.9 Å². The number of ether oxygens (including phenoxy) is 1. The molecule has 0 N–H and O–H groups in total. The summed E-state index contributed by atoms with van der Waals surface area (Å²) in [7, 11) is 0. The van der Waals surface area contributed by atoms with Gasteiger partial charge in [-0.05, 0) is 55.7 Å². The lowest BCUT2D eigenvalue weighted by atomic mass is 9.63. The van der Waals surface area contributed by atoms with Crippen LogP contribution in [0.3, 0.4) is 0 Å². The van der Waals surface area contributed by atoms with Crippen molar-refractivity contribution in [3.63, 3.8) is 0 Å². The van der Waals surface area contributed by atoms with Crippen LogP contribution in [0.15, 0.2) is 66.7 Å². The fourth-order valence-electron chi connectivity index (χ4n) is 4.80. The molecule has 3 atom stereocenters. The van der Waals surface area contributed by atoms with E-state index in [4.69, 9.17) is 4.74 Å². The average molecular weight is 363 g/mol. The van der Waals surface area contributed by atoms with E-state index in [1.165, 1.54) is 16.7 Å². The summed E-state index contributed by atoms with van der Waals surface area (Å²) in [6.07, 6.45) is 1.74. The molecule has 0 aliphatic heterocycles. The van der Waals surface area contributed by atoms with Gasteiger partial charge in [0.05, 0.1) is 12.0 Å². The molecule has 1 saturated carbocycles. The number of hydrogen-bond acceptors (Lipinski definition) is 2. The smallest absolute Gasteiger partial charge is 0.312 e. The second kappa shape index (κ2) is 7.34. The highest BCUT2D eigenvalue weighted by Gasteiger charge is 2.58. The molecule has 2 aromatic rings. The zero-order valence-corrected chi connectivity index (χ0v) is 16.9. The van der Waals surface area contributed by atoms with Crippen LogP contribution in [0, 0.1) is 10.8 Å². The van der Waals surface area contributed by atoms with Crippen molar-refractivity contribution in [2.75, 3.05) is 6.61 Å². The van der Waals surface area contributed by atoms with Gasteiger partial charge in [-0.3, -0.25) is 4.79 Å². The minimum Gasteiger partial charge on any atom is -0.466 e. The third kappa shape index (κ3) is 3.22. The molecule has 3 rings (SSSR count). The lowest BCUT2D eigenvalue weighted by Gasteiger charge is -2.40. The Bertz CT molecular complexity index is 838. The first kappa shape index (κ1) is 19.4. The molecule has 1 aliphatic carbocycles. The molecule has 1 fully saturated rings. The van der Waals surface area contributed by atoms with Crippen molar-refractivity contribution in [3.8, 4) is 11.1 Å². The minimum absolute atomic E-state index is 0.0259. The van der Waals surface area contributed by atoms with Crippen molar-refractivity contribution in [2.45, 2.75) is 46.5 Å². The van der Waals surface area contributed by atoms with Crippen molar-refractivity contribution < 1.29 is 9.53 Å². The Labute approximate surface area is 163 Å². The van der Waals surface area contributed by atoms with Crippen LogP contribution in [-0.4, -0.2) is 12.6 Å². The molecule has 0 heterocycles. The number of rotatable bonds is 5. The normalized spacial score (nSPS) is 27.3. The van der Waals surface area contributed by atoms with Crippen molar-refractivity contribution in [3.05, 3.63) is 72.3 Å². The molecule has 0 radical (unpaired) electrons. The van der Waals surface area contributed by atoms with Crippen molar-refractivity contribution in [1.29, 1.82) is 0 Å². The predicted molar refractivity (Wildman–Crippen MR) is 112 cm³/mol. The molecular weight excluding hydrogens is 332 g/mol. The molecule has 2 heteroatoms. The summed E-state index contributed by atoms with van der Waals surface area (Å²) >= 11 is 0. The molecule has 0 spiro atoms. The molecule has 2 nitrogen and oxygen atoms in total. The van der Waals surface area contributed by atoms with E-state index in [0.717, 1.165) is 18.4 Å². The van der Waals surface area contributed by atoms with E-state index in [9.17, 15) is 4.79 Å². The largest absolute Gasteiger partial charge is 0.466 e. The van der Waals surface area contributed by atoms with Crippen LogP contribution in [0.2, 0.25) is 0 Å². The topological polar surface area (TPSA) is 26.3 Å². The van der Waals surface area contributed by atoms with Gasteiger partial charge in [-0.25, -0.2) is 0 Å². The van der Waals surface area contributed by atoms with E-state index in [-0.39, 0.29) is 17.3 Å². The van der Waals surface area contributed by atoms with Crippen LogP contribution >= 0.6 is 0 Å². The Kier molecular flexibility index (Phi) is 5.28. The SMILES string of the molecule is C=C(C)C1(C)CCC(C)(C(=O)OCC)C1c1ccccc1-c1ccccc1. The third-order valence-corrected chi connectivity index (χ3v) is 6.51. The van der Waals surface area contributed by atoms with Crippen LogP contribution in [0.4, 0.5) is 0 Å². The second-order valence-corrected chi connectivity index (χ2v) is 8.22. The lowest BCUT2D eigenvalue weighted by Crippen LogP contribution is -2.37. The average Bonchev–Trinajstić information content (AvgIpc) is 2.96. The monoisotopic (exact) mass is 362 g/mol. The van der Waals surface area contributed by atoms with Gasteiger partial charge in [0.25, 0.3) is 0 Å². The predicted octanol–water partition coefficient (Wildman–Crippen LogP) is 6.38. The van der Waals surface area contributed by atoms with E-state index in [1.807, 2.05) is 13.0 Å². The standard InChI is InChI=1S/C25H30O2/c1-6-27-23(26)25(5)17-16-24(4,18(2)3)22(25)21-15-11-10-14-20(21)19-12-8-7-9-13-19/h7-15,22H,2,6,16-17H2,1,3-5H3. The zero-order chi connectivity index (χ0) is 19.7. The number of esters is 1. The maximum absolute atomic E-state index is 13.1. The van der Waals surface area contributed by atoms with Crippen molar-refractivity contribution in [1.82, 2.24) is 0 Å². The van der Waals surface area contributed by atoms with Crippen LogP contribution in [0.5, 0.6) is 0 Å².